The van der Waals surface area contributed by atoms with Crippen molar-refractivity contribution in [3.63, 3.8) is 0 Å². The fourth-order valence-corrected chi connectivity index (χ4v) is 2.84. The van der Waals surface area contributed by atoms with E-state index in [2.05, 4.69) is 22.5 Å². The van der Waals surface area contributed by atoms with Crippen LogP contribution in [0.5, 0.6) is 0 Å². The van der Waals surface area contributed by atoms with Gasteiger partial charge in [-0.05, 0) is 32.4 Å². The number of halogens is 1. The predicted molar refractivity (Wildman–Crippen MR) is 89.7 cm³/mol. The molecule has 1 aliphatic rings. The van der Waals surface area contributed by atoms with Crippen LogP contribution in [0.15, 0.2) is 18.2 Å². The molecule has 0 saturated carbocycles. The standard InChI is InChI=1S/C16H24ClN3O2/c1-11-5-4-6-14(17)15(11)19-16(21)18-12(2)13(3)20-7-9-22-10-8-20/h4-6,12-13H,7-10H2,1-3H3,(H2,18,19,21)/t12-,13-/m0/s1. The van der Waals surface area contributed by atoms with Crippen molar-refractivity contribution in [2.45, 2.75) is 32.9 Å². The monoisotopic (exact) mass is 325 g/mol. The molecule has 1 aromatic rings. The van der Waals surface area contributed by atoms with Gasteiger partial charge in [-0.25, -0.2) is 4.79 Å². The molecule has 22 heavy (non-hydrogen) atoms. The van der Waals surface area contributed by atoms with Crippen molar-refractivity contribution in [2.24, 2.45) is 0 Å². The summed E-state index contributed by atoms with van der Waals surface area (Å²) in [6, 6.07) is 5.60. The molecule has 0 aromatic heterocycles. The number of amides is 2. The van der Waals surface area contributed by atoms with E-state index < -0.39 is 0 Å². The Hall–Kier alpha value is -1.30. The van der Waals surface area contributed by atoms with Gasteiger partial charge in [0.15, 0.2) is 0 Å². The van der Waals surface area contributed by atoms with E-state index in [1.807, 2.05) is 26.0 Å². The second-order valence-electron chi connectivity index (χ2n) is 5.71. The van der Waals surface area contributed by atoms with Crippen LogP contribution in [0.2, 0.25) is 5.02 Å². The largest absolute Gasteiger partial charge is 0.379 e. The quantitative estimate of drug-likeness (QED) is 0.895. The molecule has 5 nitrogen and oxygen atoms in total. The van der Waals surface area contributed by atoms with Crippen LogP contribution in [0, 0.1) is 6.92 Å². The summed E-state index contributed by atoms with van der Waals surface area (Å²) in [7, 11) is 0. The number of ether oxygens (including phenoxy) is 1. The lowest BCUT2D eigenvalue weighted by molar-refractivity contribution is 0.0146. The Morgan fingerprint density at radius 1 is 1.32 bits per heavy atom. The number of hydrogen-bond acceptors (Lipinski definition) is 3. The van der Waals surface area contributed by atoms with E-state index in [4.69, 9.17) is 16.3 Å². The number of rotatable bonds is 4. The fraction of sp³-hybridized carbons (Fsp3) is 0.562. The lowest BCUT2D eigenvalue weighted by Crippen LogP contribution is -2.52. The van der Waals surface area contributed by atoms with Crippen molar-refractivity contribution in [1.29, 1.82) is 0 Å². The predicted octanol–water partition coefficient (Wildman–Crippen LogP) is 2.88. The van der Waals surface area contributed by atoms with Gasteiger partial charge in [0.05, 0.1) is 23.9 Å². The first kappa shape index (κ1) is 17.1. The minimum atomic E-state index is -0.233. The van der Waals surface area contributed by atoms with Crippen molar-refractivity contribution in [3.05, 3.63) is 28.8 Å². The molecule has 0 bridgehead atoms. The van der Waals surface area contributed by atoms with Crippen LogP contribution < -0.4 is 10.6 Å². The molecule has 2 atom stereocenters. The van der Waals surface area contributed by atoms with E-state index in [-0.39, 0.29) is 18.1 Å². The summed E-state index contributed by atoms with van der Waals surface area (Å²) in [5.41, 5.74) is 1.60. The number of carbonyl (C=O) groups excluding carboxylic acids is 1. The van der Waals surface area contributed by atoms with Crippen LogP contribution in [0.25, 0.3) is 0 Å². The van der Waals surface area contributed by atoms with Gasteiger partial charge in [0.25, 0.3) is 0 Å². The number of benzene rings is 1. The maximum atomic E-state index is 12.2. The van der Waals surface area contributed by atoms with E-state index >= 15 is 0 Å². The number of carbonyl (C=O) groups is 1. The second-order valence-corrected chi connectivity index (χ2v) is 6.12. The number of hydrogen-bond donors (Lipinski definition) is 2. The van der Waals surface area contributed by atoms with Crippen LogP contribution in [0.1, 0.15) is 19.4 Å². The first-order valence-corrected chi connectivity index (χ1v) is 8.01. The second kappa shape index (κ2) is 7.81. The Bertz CT molecular complexity index is 498. The summed E-state index contributed by atoms with van der Waals surface area (Å²) in [5, 5.41) is 6.38. The third kappa shape index (κ3) is 4.35. The minimum Gasteiger partial charge on any atom is -0.379 e. The molecule has 1 fully saturated rings. The van der Waals surface area contributed by atoms with E-state index in [0.717, 1.165) is 31.9 Å². The zero-order chi connectivity index (χ0) is 16.1. The normalized spacial score (nSPS) is 18.5. The topological polar surface area (TPSA) is 53.6 Å². The first-order valence-electron chi connectivity index (χ1n) is 7.63. The van der Waals surface area contributed by atoms with Gasteiger partial charge in [0, 0.05) is 25.2 Å². The highest BCUT2D eigenvalue weighted by Gasteiger charge is 2.23. The molecule has 2 N–H and O–H groups in total. The minimum absolute atomic E-state index is 0.0286. The summed E-state index contributed by atoms with van der Waals surface area (Å²) in [6.07, 6.45) is 0. The molecule has 0 unspecified atom stereocenters. The van der Waals surface area contributed by atoms with Crippen molar-refractivity contribution < 1.29 is 9.53 Å². The van der Waals surface area contributed by atoms with E-state index in [1.54, 1.807) is 6.07 Å². The average molecular weight is 326 g/mol. The SMILES string of the molecule is Cc1cccc(Cl)c1NC(=O)N[C@@H](C)[C@H](C)N1CCOCC1. The Labute approximate surface area is 137 Å². The highest BCUT2D eigenvalue weighted by molar-refractivity contribution is 6.33. The molecule has 2 rings (SSSR count). The summed E-state index contributed by atoms with van der Waals surface area (Å²) in [6.45, 7) is 9.36. The Morgan fingerprint density at radius 2 is 2.00 bits per heavy atom. The van der Waals surface area contributed by atoms with Crippen molar-refractivity contribution in [1.82, 2.24) is 10.2 Å². The highest BCUT2D eigenvalue weighted by atomic mass is 35.5. The molecule has 2 amide bonds. The van der Waals surface area contributed by atoms with Crippen LogP contribution >= 0.6 is 11.6 Å². The first-order chi connectivity index (χ1) is 10.5. The Morgan fingerprint density at radius 3 is 2.64 bits per heavy atom. The molecule has 6 heteroatoms. The van der Waals surface area contributed by atoms with Gasteiger partial charge in [0.1, 0.15) is 0 Å². The average Bonchev–Trinajstić information content (AvgIpc) is 2.51. The van der Waals surface area contributed by atoms with Gasteiger partial charge in [-0.3, -0.25) is 4.90 Å². The number of nitrogens with zero attached hydrogens (tertiary/aromatic N) is 1. The molecule has 0 spiro atoms. The van der Waals surface area contributed by atoms with Gasteiger partial charge >= 0.3 is 6.03 Å². The number of aryl methyl sites for hydroxylation is 1. The Balaban J connectivity index is 1.90. The summed E-state index contributed by atoms with van der Waals surface area (Å²) in [5.74, 6) is 0. The molecule has 1 heterocycles. The van der Waals surface area contributed by atoms with E-state index in [0.29, 0.717) is 10.7 Å². The molecule has 0 aliphatic carbocycles. The number of anilines is 1. The van der Waals surface area contributed by atoms with Crippen molar-refractivity contribution in [2.75, 3.05) is 31.6 Å². The maximum Gasteiger partial charge on any atom is 0.319 e. The van der Waals surface area contributed by atoms with Gasteiger partial charge in [-0.1, -0.05) is 23.7 Å². The smallest absolute Gasteiger partial charge is 0.319 e. The zero-order valence-corrected chi connectivity index (χ0v) is 14.1. The van der Waals surface area contributed by atoms with Crippen LogP contribution in [0.4, 0.5) is 10.5 Å². The maximum absolute atomic E-state index is 12.2. The number of urea groups is 1. The summed E-state index contributed by atoms with van der Waals surface area (Å²) < 4.78 is 5.36. The molecule has 122 valence electrons. The lowest BCUT2D eigenvalue weighted by Gasteiger charge is -2.35. The van der Waals surface area contributed by atoms with Gasteiger partial charge in [0.2, 0.25) is 0 Å². The van der Waals surface area contributed by atoms with E-state index in [9.17, 15) is 4.79 Å². The summed E-state index contributed by atoms with van der Waals surface area (Å²) in [4.78, 5) is 14.5. The third-order valence-electron chi connectivity index (χ3n) is 4.16. The lowest BCUT2D eigenvalue weighted by atomic mass is 10.1. The summed E-state index contributed by atoms with van der Waals surface area (Å²) >= 11 is 6.13. The number of para-hydroxylation sites is 1. The highest BCUT2D eigenvalue weighted by Crippen LogP contribution is 2.25. The van der Waals surface area contributed by atoms with Crippen molar-refractivity contribution in [3.8, 4) is 0 Å². The van der Waals surface area contributed by atoms with Gasteiger partial charge < -0.3 is 15.4 Å². The van der Waals surface area contributed by atoms with Crippen molar-refractivity contribution >= 4 is 23.3 Å². The fourth-order valence-electron chi connectivity index (χ4n) is 2.57. The zero-order valence-electron chi connectivity index (χ0n) is 13.4. The molecule has 0 radical (unpaired) electrons. The van der Waals surface area contributed by atoms with Crippen LogP contribution in [0.3, 0.4) is 0 Å². The van der Waals surface area contributed by atoms with Crippen LogP contribution in [-0.4, -0.2) is 49.3 Å². The third-order valence-corrected chi connectivity index (χ3v) is 4.48. The van der Waals surface area contributed by atoms with E-state index in [1.165, 1.54) is 0 Å². The molecule has 1 aliphatic heterocycles. The Kier molecular flexibility index (Phi) is 6.06. The number of nitrogens with one attached hydrogen (secondary N) is 2. The molecule has 1 saturated heterocycles. The van der Waals surface area contributed by atoms with Gasteiger partial charge in [-0.15, -0.1) is 0 Å². The number of morpholine rings is 1. The molecular weight excluding hydrogens is 302 g/mol. The van der Waals surface area contributed by atoms with Crippen LogP contribution in [-0.2, 0) is 4.74 Å². The van der Waals surface area contributed by atoms with Gasteiger partial charge in [-0.2, -0.15) is 0 Å². The molecular formula is C16H24ClN3O2. The molecule has 1 aromatic carbocycles.